The maximum absolute atomic E-state index is 12.8. The third-order valence-electron chi connectivity index (χ3n) is 2.67. The first-order chi connectivity index (χ1) is 9.60. The fraction of sp³-hybridized carbons (Fsp3) is 0.286. The number of aromatic nitrogens is 1. The van der Waals surface area contributed by atoms with E-state index in [1.54, 1.807) is 19.2 Å². The molecule has 1 amide bonds. The van der Waals surface area contributed by atoms with Crippen LogP contribution in [0.5, 0.6) is 0 Å². The van der Waals surface area contributed by atoms with Crippen LogP contribution in [0.2, 0.25) is 0 Å². The average Bonchev–Trinajstić information content (AvgIpc) is 2.89. The zero-order valence-electron chi connectivity index (χ0n) is 11.2. The van der Waals surface area contributed by atoms with Gasteiger partial charge >= 0.3 is 0 Å². The molecule has 0 aliphatic rings. The summed E-state index contributed by atoms with van der Waals surface area (Å²) in [6.45, 7) is 2.23. The van der Waals surface area contributed by atoms with Gasteiger partial charge in [0, 0.05) is 24.8 Å². The summed E-state index contributed by atoms with van der Waals surface area (Å²) in [4.78, 5) is 11.9. The number of carbonyl (C=O) groups is 1. The van der Waals surface area contributed by atoms with Gasteiger partial charge in [-0.15, -0.1) is 0 Å². The summed E-state index contributed by atoms with van der Waals surface area (Å²) in [6.07, 6.45) is 0. The van der Waals surface area contributed by atoms with E-state index in [1.807, 2.05) is 6.92 Å². The van der Waals surface area contributed by atoms with Gasteiger partial charge in [-0.2, -0.15) is 0 Å². The summed E-state index contributed by atoms with van der Waals surface area (Å²) >= 11 is 0. The minimum absolute atomic E-state index is 0.104. The van der Waals surface area contributed by atoms with Crippen LogP contribution < -0.4 is 5.32 Å². The number of nitrogens with zero attached hydrogens (tertiary/aromatic N) is 1. The Bertz CT molecular complexity index is 580. The Morgan fingerprint density at radius 3 is 2.80 bits per heavy atom. The Hall–Kier alpha value is -2.21. The smallest absolute Gasteiger partial charge is 0.290 e. The molecule has 20 heavy (non-hydrogen) atoms. The first kappa shape index (κ1) is 14.2. The molecule has 0 bridgehead atoms. The number of hydrogen-bond donors (Lipinski definition) is 1. The average molecular weight is 278 g/mol. The number of methoxy groups -OCH3 is 1. The summed E-state index contributed by atoms with van der Waals surface area (Å²) in [6, 6.07) is 7.17. The van der Waals surface area contributed by atoms with Gasteiger partial charge in [0.15, 0.2) is 0 Å². The Labute approximate surface area is 115 Å². The molecule has 0 radical (unpaired) electrons. The highest BCUT2D eigenvalue weighted by atomic mass is 19.1. The Morgan fingerprint density at radius 1 is 1.45 bits per heavy atom. The molecule has 106 valence electrons. The Balaban J connectivity index is 2.08. The van der Waals surface area contributed by atoms with Crippen LogP contribution in [0.15, 0.2) is 34.9 Å². The van der Waals surface area contributed by atoms with E-state index in [9.17, 15) is 9.18 Å². The van der Waals surface area contributed by atoms with E-state index in [0.29, 0.717) is 17.9 Å². The molecule has 0 saturated carbocycles. The van der Waals surface area contributed by atoms with Crippen molar-refractivity contribution in [3.8, 4) is 11.3 Å². The number of halogens is 1. The fourth-order valence-electron chi connectivity index (χ4n) is 1.73. The molecule has 5 nitrogen and oxygen atoms in total. The molecule has 0 fully saturated rings. The van der Waals surface area contributed by atoms with Crippen LogP contribution in [-0.4, -0.2) is 30.8 Å². The standard InChI is InChI=1S/C14H15FN2O3/c1-9(8-19-2)16-14(18)13-7-12(17-20-13)10-3-5-11(15)6-4-10/h3-7,9H,8H2,1-2H3,(H,16,18). The molecule has 6 heteroatoms. The highest BCUT2D eigenvalue weighted by Gasteiger charge is 2.16. The summed E-state index contributed by atoms with van der Waals surface area (Å²) < 4.78 is 22.8. The normalized spacial score (nSPS) is 12.2. The number of benzene rings is 1. The van der Waals surface area contributed by atoms with Gasteiger partial charge in [0.1, 0.15) is 11.5 Å². The van der Waals surface area contributed by atoms with Crippen LogP contribution in [0, 0.1) is 5.82 Å². The molecule has 1 atom stereocenters. The summed E-state index contributed by atoms with van der Waals surface area (Å²) in [5.74, 6) is -0.591. The molecule has 1 N–H and O–H groups in total. The largest absolute Gasteiger partial charge is 0.383 e. The highest BCUT2D eigenvalue weighted by molar-refractivity contribution is 5.92. The van der Waals surface area contributed by atoms with Gasteiger partial charge in [-0.3, -0.25) is 4.79 Å². The van der Waals surface area contributed by atoms with Gasteiger partial charge in [-0.1, -0.05) is 5.16 Å². The van der Waals surface area contributed by atoms with Crippen molar-refractivity contribution in [2.75, 3.05) is 13.7 Å². The zero-order valence-corrected chi connectivity index (χ0v) is 11.2. The molecule has 0 spiro atoms. The molecule has 0 aliphatic carbocycles. The van der Waals surface area contributed by atoms with E-state index in [1.165, 1.54) is 18.2 Å². The summed E-state index contributed by atoms with van der Waals surface area (Å²) in [5, 5.41) is 6.51. The second-order valence-electron chi connectivity index (χ2n) is 4.41. The van der Waals surface area contributed by atoms with E-state index < -0.39 is 0 Å². The number of carbonyl (C=O) groups excluding carboxylic acids is 1. The lowest BCUT2D eigenvalue weighted by atomic mass is 10.1. The number of nitrogens with one attached hydrogen (secondary N) is 1. The van der Waals surface area contributed by atoms with Crippen molar-refractivity contribution in [3.63, 3.8) is 0 Å². The van der Waals surface area contributed by atoms with Crippen LogP contribution in [0.25, 0.3) is 11.3 Å². The first-order valence-electron chi connectivity index (χ1n) is 6.12. The molecular weight excluding hydrogens is 263 g/mol. The van der Waals surface area contributed by atoms with Crippen molar-refractivity contribution in [2.45, 2.75) is 13.0 Å². The Kier molecular flexibility index (Phi) is 4.47. The van der Waals surface area contributed by atoms with E-state index >= 15 is 0 Å². The molecule has 1 unspecified atom stereocenters. The number of amides is 1. The van der Waals surface area contributed by atoms with Crippen LogP contribution in [0.3, 0.4) is 0 Å². The van der Waals surface area contributed by atoms with Crippen LogP contribution in [0.1, 0.15) is 17.5 Å². The second-order valence-corrected chi connectivity index (χ2v) is 4.41. The predicted molar refractivity (Wildman–Crippen MR) is 70.7 cm³/mol. The van der Waals surface area contributed by atoms with Crippen LogP contribution in [0.4, 0.5) is 4.39 Å². The summed E-state index contributed by atoms with van der Waals surface area (Å²) in [5.41, 5.74) is 1.16. The molecule has 1 aromatic carbocycles. The van der Waals surface area contributed by atoms with E-state index in [-0.39, 0.29) is 23.5 Å². The zero-order chi connectivity index (χ0) is 14.5. The van der Waals surface area contributed by atoms with E-state index in [0.717, 1.165) is 0 Å². The molecule has 0 saturated heterocycles. The quantitative estimate of drug-likeness (QED) is 0.911. The van der Waals surface area contributed by atoms with Crippen molar-refractivity contribution in [2.24, 2.45) is 0 Å². The maximum atomic E-state index is 12.8. The monoisotopic (exact) mass is 278 g/mol. The number of hydrogen-bond acceptors (Lipinski definition) is 4. The van der Waals surface area contributed by atoms with Crippen molar-refractivity contribution in [3.05, 3.63) is 41.9 Å². The van der Waals surface area contributed by atoms with Gasteiger partial charge in [-0.05, 0) is 31.2 Å². The second kappa shape index (κ2) is 6.29. The molecule has 2 aromatic rings. The number of rotatable bonds is 5. The Morgan fingerprint density at radius 2 is 2.15 bits per heavy atom. The van der Waals surface area contributed by atoms with Crippen LogP contribution in [-0.2, 0) is 4.74 Å². The predicted octanol–water partition coefficient (Wildman–Crippen LogP) is 2.25. The first-order valence-corrected chi connectivity index (χ1v) is 6.12. The van der Waals surface area contributed by atoms with E-state index in [2.05, 4.69) is 10.5 Å². The van der Waals surface area contributed by atoms with E-state index in [4.69, 9.17) is 9.26 Å². The van der Waals surface area contributed by atoms with Crippen molar-refractivity contribution >= 4 is 5.91 Å². The van der Waals surface area contributed by atoms with Crippen molar-refractivity contribution < 1.29 is 18.4 Å². The van der Waals surface area contributed by atoms with Crippen molar-refractivity contribution in [1.29, 1.82) is 0 Å². The highest BCUT2D eigenvalue weighted by Crippen LogP contribution is 2.19. The lowest BCUT2D eigenvalue weighted by Gasteiger charge is -2.10. The SMILES string of the molecule is COCC(C)NC(=O)c1cc(-c2ccc(F)cc2)no1. The third kappa shape index (κ3) is 3.42. The molecule has 2 rings (SSSR count). The third-order valence-corrected chi connectivity index (χ3v) is 2.67. The van der Waals surface area contributed by atoms with Crippen molar-refractivity contribution in [1.82, 2.24) is 10.5 Å². The van der Waals surface area contributed by atoms with Gasteiger partial charge in [0.2, 0.25) is 5.76 Å². The molecule has 1 aromatic heterocycles. The molecule has 1 heterocycles. The number of ether oxygens (including phenoxy) is 1. The lowest BCUT2D eigenvalue weighted by Crippen LogP contribution is -2.35. The fourth-order valence-corrected chi connectivity index (χ4v) is 1.73. The maximum Gasteiger partial charge on any atom is 0.290 e. The summed E-state index contributed by atoms with van der Waals surface area (Å²) in [7, 11) is 1.56. The van der Waals surface area contributed by atoms with Gasteiger partial charge in [-0.25, -0.2) is 4.39 Å². The van der Waals surface area contributed by atoms with Crippen LogP contribution >= 0.6 is 0 Å². The lowest BCUT2D eigenvalue weighted by molar-refractivity contribution is 0.0869. The topological polar surface area (TPSA) is 64.4 Å². The minimum atomic E-state index is -0.365. The van der Waals surface area contributed by atoms with Gasteiger partial charge in [0.05, 0.1) is 6.61 Å². The molecular formula is C14H15FN2O3. The van der Waals surface area contributed by atoms with Gasteiger partial charge < -0.3 is 14.6 Å². The van der Waals surface area contributed by atoms with Gasteiger partial charge in [0.25, 0.3) is 5.91 Å². The molecule has 0 aliphatic heterocycles. The minimum Gasteiger partial charge on any atom is -0.383 e.